The molecule has 0 saturated carbocycles. The third-order valence-corrected chi connectivity index (χ3v) is 2.41. The molecule has 0 bridgehead atoms. The summed E-state index contributed by atoms with van der Waals surface area (Å²) in [6.45, 7) is 5.80. The lowest BCUT2D eigenvalue weighted by Crippen LogP contribution is -2.28. The number of amidine groups is 1. The number of aliphatic imine (C=N–C) groups is 1. The van der Waals surface area contributed by atoms with Crippen LogP contribution in [-0.2, 0) is 0 Å². The Bertz CT molecular complexity index is 394. The predicted octanol–water partition coefficient (Wildman–Crippen LogP) is 3.62. The van der Waals surface area contributed by atoms with Gasteiger partial charge >= 0.3 is 0 Å². The molecule has 0 aliphatic rings. The van der Waals surface area contributed by atoms with E-state index in [2.05, 4.69) is 20.9 Å². The largest absolute Gasteiger partial charge is 0.387 e. The third kappa shape index (κ3) is 3.30. The zero-order valence-electron chi connectivity index (χ0n) is 9.01. The highest BCUT2D eigenvalue weighted by atomic mass is 79.9. The molecule has 15 heavy (non-hydrogen) atoms. The van der Waals surface area contributed by atoms with Crippen molar-refractivity contribution in [3.63, 3.8) is 0 Å². The molecule has 0 aromatic heterocycles. The standard InChI is InChI=1S/C11H14BrFN2/c1-11(2,3)10(14)15-9-6-7(12)4-5-8(9)13/h4-6H,1-3H3,(H2,14,15). The zero-order chi connectivity index (χ0) is 11.6. The summed E-state index contributed by atoms with van der Waals surface area (Å²) in [6.07, 6.45) is 0. The SMILES string of the molecule is CC(C)(C)C(N)=Nc1cc(Br)ccc1F. The van der Waals surface area contributed by atoms with Crippen LogP contribution in [0.2, 0.25) is 0 Å². The highest BCUT2D eigenvalue weighted by Crippen LogP contribution is 2.24. The minimum absolute atomic E-state index is 0.255. The van der Waals surface area contributed by atoms with Gasteiger partial charge in [-0.1, -0.05) is 36.7 Å². The van der Waals surface area contributed by atoms with Crippen LogP contribution >= 0.6 is 15.9 Å². The average molecular weight is 273 g/mol. The van der Waals surface area contributed by atoms with Crippen molar-refractivity contribution in [3.8, 4) is 0 Å². The van der Waals surface area contributed by atoms with Crippen LogP contribution in [0.3, 0.4) is 0 Å². The van der Waals surface area contributed by atoms with Gasteiger partial charge in [-0.25, -0.2) is 9.38 Å². The van der Waals surface area contributed by atoms with E-state index in [1.165, 1.54) is 6.07 Å². The Kier molecular flexibility index (Phi) is 3.50. The lowest BCUT2D eigenvalue weighted by molar-refractivity contribution is 0.583. The minimum Gasteiger partial charge on any atom is -0.387 e. The summed E-state index contributed by atoms with van der Waals surface area (Å²) in [7, 11) is 0. The Morgan fingerprint density at radius 3 is 2.53 bits per heavy atom. The fraction of sp³-hybridized carbons (Fsp3) is 0.364. The summed E-state index contributed by atoms with van der Waals surface area (Å²) in [4.78, 5) is 4.08. The normalized spacial score (nSPS) is 13.0. The van der Waals surface area contributed by atoms with Crippen LogP contribution < -0.4 is 5.73 Å². The maximum atomic E-state index is 13.3. The summed E-state index contributed by atoms with van der Waals surface area (Å²) >= 11 is 3.26. The molecule has 4 heteroatoms. The van der Waals surface area contributed by atoms with Gasteiger partial charge in [-0.2, -0.15) is 0 Å². The van der Waals surface area contributed by atoms with E-state index < -0.39 is 0 Å². The molecule has 0 heterocycles. The lowest BCUT2D eigenvalue weighted by Gasteiger charge is -2.17. The van der Waals surface area contributed by atoms with Crippen LogP contribution in [0.4, 0.5) is 10.1 Å². The Morgan fingerprint density at radius 2 is 2.00 bits per heavy atom. The van der Waals surface area contributed by atoms with Crippen molar-refractivity contribution in [1.29, 1.82) is 0 Å². The number of hydrogen-bond donors (Lipinski definition) is 1. The molecular weight excluding hydrogens is 259 g/mol. The second-order valence-corrected chi connectivity index (χ2v) is 5.26. The van der Waals surface area contributed by atoms with Crippen molar-refractivity contribution in [3.05, 3.63) is 28.5 Å². The van der Waals surface area contributed by atoms with E-state index in [0.717, 1.165) is 4.47 Å². The van der Waals surface area contributed by atoms with Crippen molar-refractivity contribution in [1.82, 2.24) is 0 Å². The van der Waals surface area contributed by atoms with Crippen LogP contribution in [0, 0.1) is 11.2 Å². The molecule has 0 fully saturated rings. The monoisotopic (exact) mass is 272 g/mol. The van der Waals surface area contributed by atoms with Crippen LogP contribution in [-0.4, -0.2) is 5.84 Å². The van der Waals surface area contributed by atoms with Crippen LogP contribution in [0.5, 0.6) is 0 Å². The third-order valence-electron chi connectivity index (χ3n) is 1.92. The van der Waals surface area contributed by atoms with Gasteiger partial charge in [0.15, 0.2) is 0 Å². The second-order valence-electron chi connectivity index (χ2n) is 4.34. The summed E-state index contributed by atoms with van der Waals surface area (Å²) < 4.78 is 14.1. The number of halogens is 2. The lowest BCUT2D eigenvalue weighted by atomic mass is 9.95. The van der Waals surface area contributed by atoms with E-state index in [1.54, 1.807) is 12.1 Å². The predicted molar refractivity (Wildman–Crippen MR) is 64.8 cm³/mol. The number of rotatable bonds is 1. The number of hydrogen-bond acceptors (Lipinski definition) is 1. The first-order valence-electron chi connectivity index (χ1n) is 4.60. The Hall–Kier alpha value is -0.900. The number of benzene rings is 1. The maximum absolute atomic E-state index is 13.3. The van der Waals surface area contributed by atoms with Gasteiger partial charge < -0.3 is 5.73 Å². The van der Waals surface area contributed by atoms with E-state index in [-0.39, 0.29) is 16.9 Å². The Balaban J connectivity index is 3.13. The molecule has 2 N–H and O–H groups in total. The Labute approximate surface area is 97.5 Å². The molecule has 0 aliphatic carbocycles. The molecule has 0 radical (unpaired) electrons. The van der Waals surface area contributed by atoms with Gasteiger partial charge in [0, 0.05) is 9.89 Å². The molecule has 0 saturated heterocycles. The first-order chi connectivity index (χ1) is 6.80. The molecule has 0 spiro atoms. The van der Waals surface area contributed by atoms with Crippen LogP contribution in [0.1, 0.15) is 20.8 Å². The first-order valence-corrected chi connectivity index (χ1v) is 5.39. The summed E-state index contributed by atoms with van der Waals surface area (Å²) in [5.74, 6) is 0.0462. The van der Waals surface area contributed by atoms with Crippen molar-refractivity contribution < 1.29 is 4.39 Å². The average Bonchev–Trinajstić information content (AvgIpc) is 2.09. The van der Waals surface area contributed by atoms with E-state index in [1.807, 2.05) is 20.8 Å². The number of nitrogens with two attached hydrogens (primary N) is 1. The topological polar surface area (TPSA) is 38.4 Å². The smallest absolute Gasteiger partial charge is 0.148 e. The van der Waals surface area contributed by atoms with Gasteiger partial charge in [0.2, 0.25) is 0 Å². The zero-order valence-corrected chi connectivity index (χ0v) is 10.6. The molecule has 0 amide bonds. The van der Waals surface area contributed by atoms with Gasteiger partial charge in [-0.15, -0.1) is 0 Å². The van der Waals surface area contributed by atoms with Crippen LogP contribution in [0.15, 0.2) is 27.7 Å². The molecule has 0 aliphatic heterocycles. The van der Waals surface area contributed by atoms with Crippen molar-refractivity contribution >= 4 is 27.5 Å². The number of nitrogens with zero attached hydrogens (tertiary/aromatic N) is 1. The molecule has 82 valence electrons. The summed E-state index contributed by atoms with van der Waals surface area (Å²) in [5.41, 5.74) is 5.78. The molecule has 1 rings (SSSR count). The van der Waals surface area contributed by atoms with Gasteiger partial charge in [-0.3, -0.25) is 0 Å². The van der Waals surface area contributed by atoms with Gasteiger partial charge in [-0.05, 0) is 18.2 Å². The molecular formula is C11H14BrFN2. The van der Waals surface area contributed by atoms with Crippen molar-refractivity contribution in [2.24, 2.45) is 16.1 Å². The summed E-state index contributed by atoms with van der Waals surface area (Å²) in [5, 5.41) is 0. The fourth-order valence-electron chi connectivity index (χ4n) is 0.869. The van der Waals surface area contributed by atoms with Crippen LogP contribution in [0.25, 0.3) is 0 Å². The first kappa shape index (κ1) is 12.2. The fourth-order valence-corrected chi connectivity index (χ4v) is 1.22. The van der Waals surface area contributed by atoms with Crippen molar-refractivity contribution in [2.75, 3.05) is 0 Å². The summed E-state index contributed by atoms with van der Waals surface area (Å²) in [6, 6.07) is 4.59. The van der Waals surface area contributed by atoms with E-state index in [9.17, 15) is 4.39 Å². The van der Waals surface area contributed by atoms with Crippen molar-refractivity contribution in [2.45, 2.75) is 20.8 Å². The molecule has 1 aromatic rings. The molecule has 1 aromatic carbocycles. The highest BCUT2D eigenvalue weighted by Gasteiger charge is 2.16. The quantitative estimate of drug-likeness (QED) is 0.616. The minimum atomic E-state index is -0.370. The van der Waals surface area contributed by atoms with E-state index in [0.29, 0.717) is 5.84 Å². The molecule has 0 unspecified atom stereocenters. The maximum Gasteiger partial charge on any atom is 0.148 e. The molecule has 2 nitrogen and oxygen atoms in total. The highest BCUT2D eigenvalue weighted by molar-refractivity contribution is 9.10. The van der Waals surface area contributed by atoms with Gasteiger partial charge in [0.25, 0.3) is 0 Å². The Morgan fingerprint density at radius 1 is 1.40 bits per heavy atom. The van der Waals surface area contributed by atoms with E-state index in [4.69, 9.17) is 5.73 Å². The van der Waals surface area contributed by atoms with Gasteiger partial charge in [0.05, 0.1) is 0 Å². The molecule has 0 atom stereocenters. The van der Waals surface area contributed by atoms with Gasteiger partial charge in [0.1, 0.15) is 17.3 Å². The second kappa shape index (κ2) is 4.31. The van der Waals surface area contributed by atoms with E-state index >= 15 is 0 Å².